The van der Waals surface area contributed by atoms with Gasteiger partial charge in [0.15, 0.2) is 11.6 Å². The van der Waals surface area contributed by atoms with Gasteiger partial charge in [0.1, 0.15) is 0 Å². The minimum atomic E-state index is -0.765. The molecule has 1 aromatic carbocycles. The van der Waals surface area contributed by atoms with Crippen molar-refractivity contribution in [2.75, 3.05) is 14.1 Å². The highest BCUT2D eigenvalue weighted by Crippen LogP contribution is 2.41. The minimum Gasteiger partial charge on any atom is -0.300 e. The first-order valence-corrected chi connectivity index (χ1v) is 6.19. The number of hydrogen-bond donors (Lipinski definition) is 0. The first kappa shape index (κ1) is 12.5. The Morgan fingerprint density at radius 1 is 1.00 bits per heavy atom. The number of rotatable bonds is 2. The largest absolute Gasteiger partial charge is 0.300 e. The predicted octanol–water partition coefficient (Wildman–Crippen LogP) is 3.69. The van der Waals surface area contributed by atoms with Crippen LogP contribution in [0.15, 0.2) is 18.2 Å². The average molecular weight is 239 g/mol. The summed E-state index contributed by atoms with van der Waals surface area (Å²) in [7, 11) is 4.04. The molecule has 3 heteroatoms. The van der Waals surface area contributed by atoms with Crippen molar-refractivity contribution in [3.8, 4) is 0 Å². The van der Waals surface area contributed by atoms with Gasteiger partial charge in [-0.25, -0.2) is 8.78 Å². The van der Waals surface area contributed by atoms with E-state index in [1.807, 2.05) is 14.1 Å². The van der Waals surface area contributed by atoms with Gasteiger partial charge in [-0.3, -0.25) is 4.90 Å². The summed E-state index contributed by atoms with van der Waals surface area (Å²) < 4.78 is 26.4. The van der Waals surface area contributed by atoms with Gasteiger partial charge in [0.25, 0.3) is 0 Å². The molecule has 1 nitrogen and oxygen atoms in total. The maximum absolute atomic E-state index is 13.4. The minimum absolute atomic E-state index is 0.118. The zero-order valence-electron chi connectivity index (χ0n) is 10.5. The number of hydrogen-bond acceptors (Lipinski definition) is 1. The van der Waals surface area contributed by atoms with Gasteiger partial charge in [0.05, 0.1) is 0 Å². The van der Waals surface area contributed by atoms with Crippen molar-refractivity contribution >= 4 is 0 Å². The van der Waals surface area contributed by atoms with Crippen molar-refractivity contribution in [2.45, 2.75) is 37.6 Å². The van der Waals surface area contributed by atoms with E-state index in [-0.39, 0.29) is 5.54 Å². The van der Waals surface area contributed by atoms with Crippen molar-refractivity contribution in [3.63, 3.8) is 0 Å². The lowest BCUT2D eigenvalue weighted by Gasteiger charge is -2.43. The SMILES string of the molecule is CN(C)C1(c2ccc(F)c(F)c2)CCCCC1. The van der Waals surface area contributed by atoms with Crippen LogP contribution in [0.25, 0.3) is 0 Å². The quantitative estimate of drug-likeness (QED) is 0.761. The van der Waals surface area contributed by atoms with Gasteiger partial charge in [0.2, 0.25) is 0 Å². The Hall–Kier alpha value is -0.960. The molecule has 0 unspecified atom stereocenters. The third kappa shape index (κ3) is 2.21. The second-order valence-corrected chi connectivity index (χ2v) is 5.12. The molecule has 1 saturated carbocycles. The summed E-state index contributed by atoms with van der Waals surface area (Å²) >= 11 is 0. The third-order valence-electron chi connectivity index (χ3n) is 3.99. The summed E-state index contributed by atoms with van der Waals surface area (Å²) in [5.74, 6) is -1.51. The zero-order chi connectivity index (χ0) is 12.5. The van der Waals surface area contributed by atoms with E-state index < -0.39 is 11.6 Å². The highest BCUT2D eigenvalue weighted by molar-refractivity contribution is 5.26. The lowest BCUT2D eigenvalue weighted by Crippen LogP contribution is -2.43. The molecule has 0 radical (unpaired) electrons. The van der Waals surface area contributed by atoms with E-state index in [0.29, 0.717) is 0 Å². The lowest BCUT2D eigenvalue weighted by molar-refractivity contribution is 0.0983. The second-order valence-electron chi connectivity index (χ2n) is 5.12. The zero-order valence-corrected chi connectivity index (χ0v) is 10.5. The topological polar surface area (TPSA) is 3.24 Å². The van der Waals surface area contributed by atoms with Gasteiger partial charge in [-0.2, -0.15) is 0 Å². The fourth-order valence-electron chi connectivity index (χ4n) is 2.92. The highest BCUT2D eigenvalue weighted by atomic mass is 19.2. The van der Waals surface area contributed by atoms with E-state index >= 15 is 0 Å². The van der Waals surface area contributed by atoms with Gasteiger partial charge in [-0.15, -0.1) is 0 Å². The standard InChI is InChI=1S/C14H19F2N/c1-17(2)14(8-4-3-5-9-14)11-6-7-12(15)13(16)10-11/h6-7,10H,3-5,8-9H2,1-2H3. The summed E-state index contributed by atoms with van der Waals surface area (Å²) in [5, 5.41) is 0. The Morgan fingerprint density at radius 3 is 2.18 bits per heavy atom. The van der Waals surface area contributed by atoms with Crippen molar-refractivity contribution in [3.05, 3.63) is 35.4 Å². The van der Waals surface area contributed by atoms with E-state index in [1.54, 1.807) is 6.07 Å². The molecule has 0 atom stereocenters. The molecule has 0 heterocycles. The lowest BCUT2D eigenvalue weighted by atomic mass is 9.75. The monoisotopic (exact) mass is 239 g/mol. The van der Waals surface area contributed by atoms with Gasteiger partial charge in [-0.1, -0.05) is 25.3 Å². The molecule has 0 saturated heterocycles. The highest BCUT2D eigenvalue weighted by Gasteiger charge is 2.36. The molecule has 0 aliphatic heterocycles. The van der Waals surface area contributed by atoms with Gasteiger partial charge >= 0.3 is 0 Å². The summed E-state index contributed by atoms with van der Waals surface area (Å²) in [4.78, 5) is 2.15. The normalized spacial score (nSPS) is 19.6. The Bertz CT molecular complexity index is 395. The van der Waals surface area contributed by atoms with Crippen LogP contribution in [0.3, 0.4) is 0 Å². The Kier molecular flexibility index (Phi) is 3.48. The van der Waals surface area contributed by atoms with E-state index in [2.05, 4.69) is 4.90 Å². The van der Waals surface area contributed by atoms with Crippen LogP contribution in [0.4, 0.5) is 8.78 Å². The first-order valence-electron chi connectivity index (χ1n) is 6.19. The maximum atomic E-state index is 13.4. The van der Waals surface area contributed by atoms with Crippen molar-refractivity contribution < 1.29 is 8.78 Å². The van der Waals surface area contributed by atoms with Crippen molar-refractivity contribution in [1.82, 2.24) is 4.90 Å². The van der Waals surface area contributed by atoms with E-state index in [4.69, 9.17) is 0 Å². The van der Waals surface area contributed by atoms with Crippen LogP contribution in [-0.2, 0) is 5.54 Å². The molecular weight excluding hydrogens is 220 g/mol. The van der Waals surface area contributed by atoms with E-state index in [9.17, 15) is 8.78 Å². The van der Waals surface area contributed by atoms with Crippen LogP contribution in [0, 0.1) is 11.6 Å². The van der Waals surface area contributed by atoms with Crippen LogP contribution in [-0.4, -0.2) is 19.0 Å². The molecule has 0 spiro atoms. The van der Waals surface area contributed by atoms with Crippen LogP contribution >= 0.6 is 0 Å². The predicted molar refractivity (Wildman–Crippen MR) is 64.8 cm³/mol. The van der Waals surface area contributed by atoms with Gasteiger partial charge in [0, 0.05) is 5.54 Å². The number of benzene rings is 1. The summed E-state index contributed by atoms with van der Waals surface area (Å²) in [5.41, 5.74) is 0.786. The molecule has 0 amide bonds. The first-order chi connectivity index (χ1) is 8.06. The molecule has 1 aliphatic carbocycles. The second kappa shape index (κ2) is 4.73. The van der Waals surface area contributed by atoms with Crippen LogP contribution in [0.5, 0.6) is 0 Å². The fraction of sp³-hybridized carbons (Fsp3) is 0.571. The molecule has 17 heavy (non-hydrogen) atoms. The Balaban J connectivity index is 2.41. The van der Waals surface area contributed by atoms with Gasteiger partial charge in [-0.05, 0) is 44.6 Å². The molecular formula is C14H19F2N. The molecule has 0 N–H and O–H groups in total. The maximum Gasteiger partial charge on any atom is 0.159 e. The van der Waals surface area contributed by atoms with Gasteiger partial charge < -0.3 is 0 Å². The Morgan fingerprint density at radius 2 is 1.65 bits per heavy atom. The molecule has 2 rings (SSSR count). The van der Waals surface area contributed by atoms with Crippen molar-refractivity contribution in [1.29, 1.82) is 0 Å². The van der Waals surface area contributed by atoms with E-state index in [0.717, 1.165) is 31.2 Å². The average Bonchev–Trinajstić information content (AvgIpc) is 2.33. The summed E-state index contributed by atoms with van der Waals surface area (Å²) in [6.45, 7) is 0. The molecule has 1 aliphatic rings. The number of nitrogens with zero attached hydrogens (tertiary/aromatic N) is 1. The molecule has 0 bridgehead atoms. The number of halogens is 2. The molecule has 1 fully saturated rings. The van der Waals surface area contributed by atoms with Crippen molar-refractivity contribution in [2.24, 2.45) is 0 Å². The summed E-state index contributed by atoms with van der Waals surface area (Å²) in [6.07, 6.45) is 5.57. The molecule has 1 aromatic rings. The Labute approximate surface area is 101 Å². The van der Waals surface area contributed by atoms with Crippen LogP contribution < -0.4 is 0 Å². The van der Waals surface area contributed by atoms with Crippen LogP contribution in [0.2, 0.25) is 0 Å². The summed E-state index contributed by atoms with van der Waals surface area (Å²) in [6, 6.07) is 4.33. The molecule has 0 aromatic heterocycles. The van der Waals surface area contributed by atoms with Crippen LogP contribution in [0.1, 0.15) is 37.7 Å². The smallest absolute Gasteiger partial charge is 0.159 e. The third-order valence-corrected chi connectivity index (χ3v) is 3.99. The van der Waals surface area contributed by atoms with E-state index in [1.165, 1.54) is 18.6 Å². The fourth-order valence-corrected chi connectivity index (χ4v) is 2.92. The molecule has 94 valence electrons.